The molecule has 2 heterocycles. The lowest BCUT2D eigenvalue weighted by Crippen LogP contribution is -2.18. The summed E-state index contributed by atoms with van der Waals surface area (Å²) in [6.07, 6.45) is 3.39. The summed E-state index contributed by atoms with van der Waals surface area (Å²) in [5.74, 6) is 0.763. The Kier molecular flexibility index (Phi) is 5.31. The lowest BCUT2D eigenvalue weighted by molar-refractivity contribution is -0.148. The molecule has 146 valence electrons. The second-order valence-corrected chi connectivity index (χ2v) is 8.68. The van der Waals surface area contributed by atoms with Crippen molar-refractivity contribution < 1.29 is 9.53 Å². The number of hydrogen-bond acceptors (Lipinski definition) is 5. The molecule has 1 aromatic carbocycles. The van der Waals surface area contributed by atoms with Gasteiger partial charge in [-0.05, 0) is 49.7 Å². The zero-order valence-corrected chi connectivity index (χ0v) is 17.0. The van der Waals surface area contributed by atoms with Gasteiger partial charge in [-0.2, -0.15) is 0 Å². The van der Waals surface area contributed by atoms with Crippen LogP contribution in [-0.4, -0.2) is 15.9 Å². The minimum Gasteiger partial charge on any atom is -0.454 e. The van der Waals surface area contributed by atoms with Crippen molar-refractivity contribution in [1.29, 1.82) is 0 Å². The van der Waals surface area contributed by atoms with Crippen molar-refractivity contribution in [3.05, 3.63) is 62.5 Å². The Hall–Kier alpha value is -2.47. The molecule has 0 spiro atoms. The first-order valence-electron chi connectivity index (χ1n) is 9.79. The molecule has 6 heteroatoms. The maximum Gasteiger partial charge on any atom is 0.306 e. The van der Waals surface area contributed by atoms with Gasteiger partial charge in [0.25, 0.3) is 5.56 Å². The van der Waals surface area contributed by atoms with Gasteiger partial charge in [0.15, 0.2) is 11.9 Å². The van der Waals surface area contributed by atoms with E-state index in [1.54, 1.807) is 18.3 Å². The Labute approximate surface area is 167 Å². The first-order valence-corrected chi connectivity index (χ1v) is 10.6. The van der Waals surface area contributed by atoms with Crippen molar-refractivity contribution in [2.75, 3.05) is 0 Å². The van der Waals surface area contributed by atoms with E-state index in [0.717, 1.165) is 40.6 Å². The fraction of sp³-hybridized carbons (Fsp3) is 0.409. The van der Waals surface area contributed by atoms with E-state index in [-0.39, 0.29) is 11.5 Å². The van der Waals surface area contributed by atoms with Crippen LogP contribution in [0.15, 0.2) is 35.1 Å². The number of benzene rings is 1. The number of carbonyl (C=O) groups excluding carboxylic acids is 1. The van der Waals surface area contributed by atoms with Crippen LogP contribution in [0.1, 0.15) is 54.6 Å². The van der Waals surface area contributed by atoms with Crippen molar-refractivity contribution in [1.82, 2.24) is 9.97 Å². The summed E-state index contributed by atoms with van der Waals surface area (Å²) in [4.78, 5) is 34.4. The van der Waals surface area contributed by atoms with E-state index in [1.807, 2.05) is 30.3 Å². The molecule has 5 nitrogen and oxygen atoms in total. The van der Waals surface area contributed by atoms with Crippen LogP contribution in [0.3, 0.4) is 0 Å². The molecule has 1 N–H and O–H groups in total. The Morgan fingerprint density at radius 1 is 1.36 bits per heavy atom. The average molecular weight is 397 g/mol. The molecule has 0 saturated heterocycles. The topological polar surface area (TPSA) is 72.0 Å². The highest BCUT2D eigenvalue weighted by atomic mass is 32.1. The van der Waals surface area contributed by atoms with Crippen LogP contribution in [0, 0.1) is 5.92 Å². The van der Waals surface area contributed by atoms with Crippen LogP contribution in [0.2, 0.25) is 0 Å². The second kappa shape index (κ2) is 7.87. The Morgan fingerprint density at radius 3 is 2.93 bits per heavy atom. The van der Waals surface area contributed by atoms with E-state index in [4.69, 9.17) is 4.74 Å². The maximum atomic E-state index is 12.7. The van der Waals surface area contributed by atoms with Crippen molar-refractivity contribution in [3.63, 3.8) is 0 Å². The third-order valence-electron chi connectivity index (χ3n) is 5.34. The number of aryl methyl sites for hydroxylation is 2. The summed E-state index contributed by atoms with van der Waals surface area (Å²) >= 11 is 1.60. The largest absolute Gasteiger partial charge is 0.454 e. The molecule has 2 aromatic heterocycles. The number of carbonyl (C=O) groups is 1. The zero-order valence-electron chi connectivity index (χ0n) is 16.2. The number of nitrogens with zero attached hydrogens (tertiary/aromatic N) is 1. The van der Waals surface area contributed by atoms with Gasteiger partial charge in [-0.3, -0.25) is 9.59 Å². The van der Waals surface area contributed by atoms with E-state index in [9.17, 15) is 9.59 Å². The molecule has 2 atom stereocenters. The SMILES string of the molecule is C[C@H]1CCc2c(sc3nc([C@@H](C)OC(=O)CCc4ccccc4)[nH]c(=O)c23)C1. The third-order valence-corrected chi connectivity index (χ3v) is 6.49. The first-order chi connectivity index (χ1) is 13.5. The van der Waals surface area contributed by atoms with Gasteiger partial charge in [-0.15, -0.1) is 11.3 Å². The van der Waals surface area contributed by atoms with E-state index in [2.05, 4.69) is 16.9 Å². The normalized spacial score (nSPS) is 17.3. The van der Waals surface area contributed by atoms with E-state index in [0.29, 0.717) is 24.6 Å². The second-order valence-electron chi connectivity index (χ2n) is 7.60. The molecule has 0 fully saturated rings. The summed E-state index contributed by atoms with van der Waals surface area (Å²) in [7, 11) is 0. The van der Waals surface area contributed by atoms with Gasteiger partial charge in [0, 0.05) is 11.3 Å². The fourth-order valence-corrected chi connectivity index (χ4v) is 5.15. The predicted molar refractivity (Wildman–Crippen MR) is 111 cm³/mol. The highest BCUT2D eigenvalue weighted by molar-refractivity contribution is 7.18. The van der Waals surface area contributed by atoms with E-state index in [1.165, 1.54) is 4.88 Å². The number of thiophene rings is 1. The standard InChI is InChI=1S/C22H24N2O3S/c1-13-8-10-16-17(12-13)28-22-19(16)21(26)23-20(24-22)14(2)27-18(25)11-9-15-6-4-3-5-7-15/h3-7,13-14H,8-12H2,1-2H3,(H,23,24,26)/t13-,14+/m0/s1. The molecule has 3 aromatic rings. The third kappa shape index (κ3) is 3.87. The quantitative estimate of drug-likeness (QED) is 0.651. The predicted octanol–water partition coefficient (Wildman–Crippen LogP) is 4.35. The van der Waals surface area contributed by atoms with Crippen molar-refractivity contribution in [3.8, 4) is 0 Å². The van der Waals surface area contributed by atoms with Gasteiger partial charge in [0.2, 0.25) is 0 Å². The molecule has 1 aliphatic carbocycles. The van der Waals surface area contributed by atoms with E-state index < -0.39 is 6.10 Å². The number of fused-ring (bicyclic) bond motifs is 3. The molecule has 0 aliphatic heterocycles. The summed E-state index contributed by atoms with van der Waals surface area (Å²) in [6, 6.07) is 9.83. The number of esters is 1. The van der Waals surface area contributed by atoms with Crippen molar-refractivity contribution in [2.24, 2.45) is 5.92 Å². The van der Waals surface area contributed by atoms with Crippen LogP contribution in [0.4, 0.5) is 0 Å². The number of nitrogens with one attached hydrogen (secondary N) is 1. The molecule has 1 aliphatic rings. The molecule has 28 heavy (non-hydrogen) atoms. The van der Waals surface area contributed by atoms with Gasteiger partial charge in [0.1, 0.15) is 4.83 Å². The van der Waals surface area contributed by atoms with Crippen LogP contribution >= 0.6 is 11.3 Å². The molecule has 0 saturated carbocycles. The monoisotopic (exact) mass is 396 g/mol. The summed E-state index contributed by atoms with van der Waals surface area (Å²) < 4.78 is 5.51. The van der Waals surface area contributed by atoms with Gasteiger partial charge < -0.3 is 9.72 Å². The molecule has 4 rings (SSSR count). The molecular weight excluding hydrogens is 372 g/mol. The van der Waals surface area contributed by atoms with Crippen LogP contribution in [0.25, 0.3) is 10.2 Å². The molecule has 0 amide bonds. The number of aromatic nitrogens is 2. The number of rotatable bonds is 5. The molecule has 0 bridgehead atoms. The molecular formula is C22H24N2O3S. The zero-order chi connectivity index (χ0) is 19.7. The van der Waals surface area contributed by atoms with Crippen molar-refractivity contribution in [2.45, 2.75) is 52.1 Å². The van der Waals surface area contributed by atoms with E-state index >= 15 is 0 Å². The molecule has 0 unspecified atom stereocenters. The summed E-state index contributed by atoms with van der Waals surface area (Å²) in [6.45, 7) is 3.99. The Balaban J connectivity index is 1.49. The highest BCUT2D eigenvalue weighted by Crippen LogP contribution is 2.35. The smallest absolute Gasteiger partial charge is 0.306 e. The maximum absolute atomic E-state index is 12.7. The molecule has 0 radical (unpaired) electrons. The number of hydrogen-bond donors (Lipinski definition) is 1. The summed E-state index contributed by atoms with van der Waals surface area (Å²) in [5, 5.41) is 0.721. The lowest BCUT2D eigenvalue weighted by Gasteiger charge is -2.17. The minimum atomic E-state index is -0.585. The van der Waals surface area contributed by atoms with Crippen molar-refractivity contribution >= 4 is 27.5 Å². The summed E-state index contributed by atoms with van der Waals surface area (Å²) in [5.41, 5.74) is 2.13. The fourth-order valence-electron chi connectivity index (χ4n) is 3.76. The number of H-pyrrole nitrogens is 1. The Morgan fingerprint density at radius 2 is 2.14 bits per heavy atom. The van der Waals surface area contributed by atoms with Gasteiger partial charge in [-0.1, -0.05) is 37.3 Å². The highest BCUT2D eigenvalue weighted by Gasteiger charge is 2.24. The van der Waals surface area contributed by atoms with Crippen LogP contribution in [0.5, 0.6) is 0 Å². The van der Waals surface area contributed by atoms with Gasteiger partial charge in [-0.25, -0.2) is 4.98 Å². The lowest BCUT2D eigenvalue weighted by atomic mass is 9.89. The van der Waals surface area contributed by atoms with Crippen LogP contribution < -0.4 is 5.56 Å². The number of ether oxygens (including phenoxy) is 1. The Bertz CT molecular complexity index is 1050. The van der Waals surface area contributed by atoms with Crippen LogP contribution in [-0.2, 0) is 28.8 Å². The first kappa shape index (κ1) is 18.9. The number of aromatic amines is 1. The van der Waals surface area contributed by atoms with Gasteiger partial charge in [0.05, 0.1) is 5.39 Å². The minimum absolute atomic E-state index is 0.126. The van der Waals surface area contributed by atoms with Gasteiger partial charge >= 0.3 is 5.97 Å². The average Bonchev–Trinajstić information content (AvgIpc) is 3.05.